The lowest BCUT2D eigenvalue weighted by atomic mass is 10.1. The first-order valence-electron chi connectivity index (χ1n) is 8.35. The molecule has 9 heteroatoms. The van der Waals surface area contributed by atoms with Crippen molar-refractivity contribution in [2.24, 2.45) is 5.92 Å². The van der Waals surface area contributed by atoms with Gasteiger partial charge >= 0.3 is 0 Å². The molecule has 3 rings (SSSR count). The fraction of sp³-hybridized carbons (Fsp3) is 0.278. The Morgan fingerprint density at radius 2 is 1.89 bits per heavy atom. The molecule has 0 spiro atoms. The van der Waals surface area contributed by atoms with Crippen LogP contribution in [0.4, 0.5) is 0 Å². The van der Waals surface area contributed by atoms with Gasteiger partial charge in [0.05, 0.1) is 17.4 Å². The number of hydrazine groups is 1. The molecule has 1 aliphatic heterocycles. The van der Waals surface area contributed by atoms with Crippen LogP contribution in [0.5, 0.6) is 5.75 Å². The number of hydrogen-bond donors (Lipinski definition) is 2. The zero-order valence-electron chi connectivity index (χ0n) is 14.4. The second-order valence-corrected chi connectivity index (χ2v) is 7.71. The van der Waals surface area contributed by atoms with Crippen LogP contribution in [0.1, 0.15) is 12.0 Å². The molecule has 1 atom stereocenters. The number of amides is 1. The van der Waals surface area contributed by atoms with Crippen LogP contribution >= 0.6 is 0 Å². The lowest BCUT2D eigenvalue weighted by Crippen LogP contribution is -2.46. The maximum atomic E-state index is 12.3. The molecular weight excluding hydrogens is 372 g/mol. The average molecular weight is 392 g/mol. The third-order valence-corrected chi connectivity index (χ3v) is 5.38. The standard InChI is InChI=1S/C18H20N2O6S/c21-18(15-10-11-25-13-15)20(22)19-27(23,24)17-8-6-16(7-9-17)26-12-14-4-2-1-3-5-14/h1-9,15,19,22H,10-13H2. The molecule has 0 bridgehead atoms. The van der Waals surface area contributed by atoms with E-state index in [1.54, 1.807) is 0 Å². The summed E-state index contributed by atoms with van der Waals surface area (Å²) in [6, 6.07) is 15.2. The number of carbonyl (C=O) groups is 1. The number of hydroxylamine groups is 1. The maximum absolute atomic E-state index is 12.3. The zero-order valence-corrected chi connectivity index (χ0v) is 15.3. The number of ether oxygens (including phenoxy) is 2. The van der Waals surface area contributed by atoms with Gasteiger partial charge in [0.2, 0.25) is 0 Å². The summed E-state index contributed by atoms with van der Waals surface area (Å²) < 4.78 is 35.3. The minimum atomic E-state index is -4.11. The third kappa shape index (κ3) is 5.04. The Bertz CT molecular complexity index is 864. The largest absolute Gasteiger partial charge is 0.489 e. The van der Waals surface area contributed by atoms with E-state index < -0.39 is 21.8 Å². The van der Waals surface area contributed by atoms with Gasteiger partial charge in [0.25, 0.3) is 15.9 Å². The van der Waals surface area contributed by atoms with Gasteiger partial charge in [-0.05, 0) is 36.2 Å². The molecule has 1 saturated heterocycles. The van der Waals surface area contributed by atoms with E-state index >= 15 is 0 Å². The number of nitrogens with zero attached hydrogens (tertiary/aromatic N) is 1. The molecule has 1 unspecified atom stereocenters. The molecule has 2 N–H and O–H groups in total. The first-order chi connectivity index (χ1) is 13.0. The molecule has 1 amide bonds. The van der Waals surface area contributed by atoms with Crippen molar-refractivity contribution >= 4 is 15.9 Å². The lowest BCUT2D eigenvalue weighted by Gasteiger charge is -2.18. The van der Waals surface area contributed by atoms with Crippen LogP contribution in [0.2, 0.25) is 0 Å². The predicted molar refractivity (Wildman–Crippen MR) is 95.1 cm³/mol. The van der Waals surface area contributed by atoms with E-state index in [0.717, 1.165) is 5.56 Å². The molecule has 0 aromatic heterocycles. The molecule has 1 fully saturated rings. The van der Waals surface area contributed by atoms with Crippen LogP contribution in [0.15, 0.2) is 59.5 Å². The van der Waals surface area contributed by atoms with Gasteiger partial charge in [-0.1, -0.05) is 35.2 Å². The number of sulfonamides is 1. The first kappa shape index (κ1) is 19.3. The molecule has 0 saturated carbocycles. The van der Waals surface area contributed by atoms with Crippen molar-refractivity contribution in [2.75, 3.05) is 13.2 Å². The lowest BCUT2D eigenvalue weighted by molar-refractivity contribution is -0.177. The maximum Gasteiger partial charge on any atom is 0.267 e. The van der Waals surface area contributed by atoms with E-state index in [9.17, 15) is 18.4 Å². The van der Waals surface area contributed by atoms with Crippen LogP contribution in [0.3, 0.4) is 0 Å². The fourth-order valence-electron chi connectivity index (χ4n) is 2.57. The highest BCUT2D eigenvalue weighted by atomic mass is 32.2. The Balaban J connectivity index is 1.60. The topological polar surface area (TPSA) is 105 Å². The van der Waals surface area contributed by atoms with Crippen molar-refractivity contribution in [1.82, 2.24) is 10.0 Å². The van der Waals surface area contributed by atoms with Gasteiger partial charge in [-0.3, -0.25) is 10.0 Å². The summed E-state index contributed by atoms with van der Waals surface area (Å²) in [5, 5.41) is 9.76. The Labute approximate surface area is 157 Å². The van der Waals surface area contributed by atoms with Crippen molar-refractivity contribution in [3.63, 3.8) is 0 Å². The predicted octanol–water partition coefficient (Wildman–Crippen LogP) is 1.71. The van der Waals surface area contributed by atoms with E-state index in [0.29, 0.717) is 25.4 Å². The van der Waals surface area contributed by atoms with Crippen LogP contribution in [0.25, 0.3) is 0 Å². The summed E-state index contributed by atoms with van der Waals surface area (Å²) in [5.74, 6) is -0.816. The quantitative estimate of drug-likeness (QED) is 0.549. The van der Waals surface area contributed by atoms with Gasteiger partial charge < -0.3 is 9.47 Å². The summed E-state index contributed by atoms with van der Waals surface area (Å²) in [6.45, 7) is 0.917. The van der Waals surface area contributed by atoms with Gasteiger partial charge in [0.15, 0.2) is 0 Å². The molecule has 0 aliphatic carbocycles. The average Bonchev–Trinajstić information content (AvgIpc) is 3.21. The molecule has 2 aromatic rings. The van der Waals surface area contributed by atoms with Gasteiger partial charge in [0.1, 0.15) is 12.4 Å². The minimum Gasteiger partial charge on any atom is -0.489 e. The normalized spacial score (nSPS) is 16.9. The molecule has 0 radical (unpaired) electrons. The highest BCUT2D eigenvalue weighted by molar-refractivity contribution is 7.89. The van der Waals surface area contributed by atoms with Crippen molar-refractivity contribution in [3.8, 4) is 5.75 Å². The second-order valence-electron chi connectivity index (χ2n) is 6.05. The Hall–Kier alpha value is -2.46. The highest BCUT2D eigenvalue weighted by Gasteiger charge is 2.30. The van der Waals surface area contributed by atoms with Crippen molar-refractivity contribution in [1.29, 1.82) is 0 Å². The molecule has 1 heterocycles. The van der Waals surface area contributed by atoms with Crippen molar-refractivity contribution in [2.45, 2.75) is 17.9 Å². The molecule has 27 heavy (non-hydrogen) atoms. The Morgan fingerprint density at radius 3 is 2.52 bits per heavy atom. The van der Waals surface area contributed by atoms with Crippen molar-refractivity contribution in [3.05, 3.63) is 60.2 Å². The monoisotopic (exact) mass is 392 g/mol. The Kier molecular flexibility index (Phi) is 6.07. The third-order valence-electron chi connectivity index (χ3n) is 4.08. The number of hydrogen-bond acceptors (Lipinski definition) is 6. The first-order valence-corrected chi connectivity index (χ1v) is 9.84. The molecule has 144 valence electrons. The summed E-state index contributed by atoms with van der Waals surface area (Å²) >= 11 is 0. The number of rotatable bonds is 7. The Morgan fingerprint density at radius 1 is 1.19 bits per heavy atom. The van der Waals surface area contributed by atoms with Gasteiger partial charge in [-0.25, -0.2) is 8.42 Å². The van der Waals surface area contributed by atoms with E-state index in [1.807, 2.05) is 35.2 Å². The highest BCUT2D eigenvalue weighted by Crippen LogP contribution is 2.18. The van der Waals surface area contributed by atoms with Gasteiger partial charge in [-0.15, -0.1) is 5.17 Å². The van der Waals surface area contributed by atoms with Crippen LogP contribution in [0, 0.1) is 5.92 Å². The van der Waals surface area contributed by atoms with Gasteiger partial charge in [0, 0.05) is 6.61 Å². The number of benzene rings is 2. The summed E-state index contributed by atoms with van der Waals surface area (Å²) in [4.78, 5) is 13.7. The summed E-state index contributed by atoms with van der Waals surface area (Å²) in [6.07, 6.45) is 0.436. The smallest absolute Gasteiger partial charge is 0.267 e. The SMILES string of the molecule is O=C(C1CCOC1)N(O)NS(=O)(=O)c1ccc(OCc2ccccc2)cc1. The molecule has 2 aromatic carbocycles. The van der Waals surface area contributed by atoms with Crippen LogP contribution in [-0.4, -0.2) is 37.9 Å². The molecule has 1 aliphatic rings. The number of nitrogens with one attached hydrogen (secondary N) is 1. The second kappa shape index (κ2) is 8.49. The van der Waals surface area contributed by atoms with E-state index in [2.05, 4.69) is 0 Å². The number of carbonyl (C=O) groups excluding carboxylic acids is 1. The summed E-state index contributed by atoms with van der Waals surface area (Å²) in [7, 11) is -4.11. The van der Waals surface area contributed by atoms with Crippen LogP contribution in [-0.2, 0) is 26.2 Å². The van der Waals surface area contributed by atoms with E-state index in [-0.39, 0.29) is 16.7 Å². The zero-order chi connectivity index (χ0) is 19.3. The van der Waals surface area contributed by atoms with Crippen LogP contribution < -0.4 is 9.57 Å². The van der Waals surface area contributed by atoms with E-state index in [1.165, 1.54) is 24.3 Å². The minimum absolute atomic E-state index is 0.00843. The van der Waals surface area contributed by atoms with Crippen molar-refractivity contribution < 1.29 is 27.9 Å². The molecular formula is C18H20N2O6S. The summed E-state index contributed by atoms with van der Waals surface area (Å²) in [5.41, 5.74) is 0.987. The van der Waals surface area contributed by atoms with E-state index in [4.69, 9.17) is 9.47 Å². The van der Waals surface area contributed by atoms with Gasteiger partial charge in [-0.2, -0.15) is 0 Å². The molecule has 8 nitrogen and oxygen atoms in total. The fourth-order valence-corrected chi connectivity index (χ4v) is 3.49.